The molecule has 0 radical (unpaired) electrons. The lowest BCUT2D eigenvalue weighted by atomic mass is 10.2. The highest BCUT2D eigenvalue weighted by Crippen LogP contribution is 2.12. The van der Waals surface area contributed by atoms with Gasteiger partial charge in [-0.25, -0.2) is 13.6 Å². The van der Waals surface area contributed by atoms with Crippen LogP contribution >= 0.6 is 12.2 Å². The summed E-state index contributed by atoms with van der Waals surface area (Å²) >= 11 is 5.14. The molecule has 28 heavy (non-hydrogen) atoms. The van der Waals surface area contributed by atoms with Gasteiger partial charge in [-0.1, -0.05) is 0 Å². The first kappa shape index (κ1) is 21.5. The topological polar surface area (TPSA) is 88.2 Å². The monoisotopic (exact) mass is 412 g/mol. The SMILES string of the molecule is CC(C)(C)OC(=O)NCCNC(=O)c1c[nH]c(=S)n1Cc1cc(F)cc(F)c1. The summed E-state index contributed by atoms with van der Waals surface area (Å²) in [6, 6.07) is 3.11. The maximum atomic E-state index is 13.4. The van der Waals surface area contributed by atoms with Gasteiger partial charge in [0.1, 0.15) is 22.9 Å². The number of nitrogens with zero attached hydrogens (tertiary/aromatic N) is 1. The fourth-order valence-electron chi connectivity index (χ4n) is 2.37. The standard InChI is InChI=1S/C18H22F2N4O3S/c1-18(2,3)27-17(26)22-5-4-21-15(25)14-9-23-16(28)24(14)10-11-6-12(19)8-13(20)7-11/h6-9H,4-5,10H2,1-3H3,(H,21,25)(H,22,26)(H,23,28). The second-order valence-corrected chi connectivity index (χ2v) is 7.41. The molecule has 0 bridgehead atoms. The van der Waals surface area contributed by atoms with Crippen molar-refractivity contribution < 1.29 is 23.1 Å². The van der Waals surface area contributed by atoms with E-state index >= 15 is 0 Å². The Kier molecular flexibility index (Phi) is 6.90. The van der Waals surface area contributed by atoms with Crippen molar-refractivity contribution in [1.82, 2.24) is 20.2 Å². The van der Waals surface area contributed by atoms with E-state index in [9.17, 15) is 18.4 Å². The smallest absolute Gasteiger partial charge is 0.407 e. The highest BCUT2D eigenvalue weighted by atomic mass is 32.1. The van der Waals surface area contributed by atoms with Gasteiger partial charge in [-0.2, -0.15) is 0 Å². The van der Waals surface area contributed by atoms with Crippen LogP contribution in [0.5, 0.6) is 0 Å². The summed E-state index contributed by atoms with van der Waals surface area (Å²) in [5, 5.41) is 5.16. The van der Waals surface area contributed by atoms with E-state index in [1.165, 1.54) is 22.9 Å². The van der Waals surface area contributed by atoms with Crippen molar-refractivity contribution in [2.75, 3.05) is 13.1 Å². The molecule has 0 unspecified atom stereocenters. The number of imidazole rings is 1. The molecule has 1 heterocycles. The molecule has 3 N–H and O–H groups in total. The van der Waals surface area contributed by atoms with Crippen LogP contribution in [-0.4, -0.2) is 40.2 Å². The van der Waals surface area contributed by atoms with Crippen LogP contribution in [0.3, 0.4) is 0 Å². The van der Waals surface area contributed by atoms with Crippen molar-refractivity contribution in [3.8, 4) is 0 Å². The lowest BCUT2D eigenvalue weighted by molar-refractivity contribution is 0.0526. The fourth-order valence-corrected chi connectivity index (χ4v) is 2.59. The minimum atomic E-state index is -0.712. The number of nitrogens with one attached hydrogen (secondary N) is 3. The molecule has 2 rings (SSSR count). The van der Waals surface area contributed by atoms with Crippen LogP contribution < -0.4 is 10.6 Å². The first-order valence-electron chi connectivity index (χ1n) is 8.53. The maximum absolute atomic E-state index is 13.4. The van der Waals surface area contributed by atoms with Crippen LogP contribution in [0.1, 0.15) is 36.8 Å². The number of carbonyl (C=O) groups is 2. The van der Waals surface area contributed by atoms with E-state index in [1.54, 1.807) is 20.8 Å². The van der Waals surface area contributed by atoms with Gasteiger partial charge in [-0.05, 0) is 50.7 Å². The zero-order valence-electron chi connectivity index (χ0n) is 15.8. The molecule has 2 aromatic rings. The van der Waals surface area contributed by atoms with Gasteiger partial charge < -0.3 is 24.9 Å². The summed E-state index contributed by atoms with van der Waals surface area (Å²) < 4.78 is 33.5. The van der Waals surface area contributed by atoms with Crippen molar-refractivity contribution in [3.63, 3.8) is 0 Å². The highest BCUT2D eigenvalue weighted by Gasteiger charge is 2.16. The molecule has 7 nitrogen and oxygen atoms in total. The third-order valence-electron chi connectivity index (χ3n) is 3.44. The Labute approximate surface area is 166 Å². The summed E-state index contributed by atoms with van der Waals surface area (Å²) in [5.41, 5.74) is -0.0824. The van der Waals surface area contributed by atoms with E-state index in [1.807, 2.05) is 0 Å². The second-order valence-electron chi connectivity index (χ2n) is 7.03. The summed E-state index contributed by atoms with van der Waals surface area (Å²) in [5.74, 6) is -1.87. The predicted molar refractivity (Wildman–Crippen MR) is 102 cm³/mol. The summed E-state index contributed by atoms with van der Waals surface area (Å²) in [4.78, 5) is 26.7. The molecule has 0 spiro atoms. The number of H-pyrrole nitrogens is 1. The number of alkyl carbamates (subject to hydrolysis) is 1. The molecule has 0 saturated heterocycles. The number of carbonyl (C=O) groups excluding carboxylic acids is 2. The Balaban J connectivity index is 1.96. The molecule has 0 aliphatic rings. The number of rotatable bonds is 6. The molecule has 1 aromatic heterocycles. The number of amides is 2. The number of hydrogen-bond acceptors (Lipinski definition) is 4. The Morgan fingerprint density at radius 2 is 1.75 bits per heavy atom. The first-order valence-corrected chi connectivity index (χ1v) is 8.94. The van der Waals surface area contributed by atoms with Crippen LogP contribution in [0.25, 0.3) is 0 Å². The van der Waals surface area contributed by atoms with Gasteiger partial charge in [-0.15, -0.1) is 0 Å². The second kappa shape index (κ2) is 8.96. The van der Waals surface area contributed by atoms with Gasteiger partial charge in [0.2, 0.25) is 0 Å². The molecule has 152 valence electrons. The van der Waals surface area contributed by atoms with Gasteiger partial charge in [0, 0.05) is 25.4 Å². The van der Waals surface area contributed by atoms with Crippen LogP contribution in [0.15, 0.2) is 24.4 Å². The highest BCUT2D eigenvalue weighted by molar-refractivity contribution is 7.71. The Hall–Kier alpha value is -2.75. The lowest BCUT2D eigenvalue weighted by Crippen LogP contribution is -2.38. The van der Waals surface area contributed by atoms with Crippen molar-refractivity contribution in [1.29, 1.82) is 0 Å². The third-order valence-corrected chi connectivity index (χ3v) is 3.78. The minimum Gasteiger partial charge on any atom is -0.444 e. The van der Waals surface area contributed by atoms with Crippen molar-refractivity contribution in [3.05, 3.63) is 52.1 Å². The summed E-state index contributed by atoms with van der Waals surface area (Å²) in [6.45, 7) is 5.59. The summed E-state index contributed by atoms with van der Waals surface area (Å²) in [6.07, 6.45) is 0.827. The number of hydrogen-bond donors (Lipinski definition) is 3. The molecule has 1 aromatic carbocycles. The van der Waals surface area contributed by atoms with E-state index < -0.39 is 29.2 Å². The first-order chi connectivity index (χ1) is 13.0. The van der Waals surface area contributed by atoms with E-state index in [-0.39, 0.29) is 30.1 Å². The van der Waals surface area contributed by atoms with E-state index in [0.29, 0.717) is 5.56 Å². The van der Waals surface area contributed by atoms with Crippen molar-refractivity contribution in [2.45, 2.75) is 32.9 Å². The van der Waals surface area contributed by atoms with Gasteiger partial charge in [0.05, 0.1) is 6.54 Å². The quantitative estimate of drug-likeness (QED) is 0.503. The predicted octanol–water partition coefficient (Wildman–Crippen LogP) is 3.13. The Bertz CT molecular complexity index is 898. The van der Waals surface area contributed by atoms with Gasteiger partial charge in [-0.3, -0.25) is 4.79 Å². The van der Waals surface area contributed by atoms with Crippen LogP contribution in [0, 0.1) is 16.4 Å². The largest absolute Gasteiger partial charge is 0.444 e. The number of ether oxygens (including phenoxy) is 1. The Morgan fingerprint density at radius 3 is 2.36 bits per heavy atom. The van der Waals surface area contributed by atoms with E-state index in [0.717, 1.165) is 6.07 Å². The normalized spacial score (nSPS) is 11.2. The molecule has 0 aliphatic heterocycles. The van der Waals surface area contributed by atoms with E-state index in [4.69, 9.17) is 17.0 Å². The molecular weight excluding hydrogens is 390 g/mol. The maximum Gasteiger partial charge on any atom is 0.407 e. The minimum absolute atomic E-state index is 0.0237. The third kappa shape index (κ3) is 6.45. The van der Waals surface area contributed by atoms with Crippen LogP contribution in [-0.2, 0) is 11.3 Å². The number of halogens is 2. The average molecular weight is 412 g/mol. The number of aromatic amines is 1. The zero-order chi connectivity index (χ0) is 20.9. The van der Waals surface area contributed by atoms with Gasteiger partial charge >= 0.3 is 6.09 Å². The molecule has 2 amide bonds. The molecule has 0 atom stereocenters. The van der Waals surface area contributed by atoms with Crippen LogP contribution in [0.2, 0.25) is 0 Å². The number of aromatic nitrogens is 2. The van der Waals surface area contributed by atoms with Crippen LogP contribution in [0.4, 0.5) is 13.6 Å². The summed E-state index contributed by atoms with van der Waals surface area (Å²) in [7, 11) is 0. The fraction of sp³-hybridized carbons (Fsp3) is 0.389. The molecule has 10 heteroatoms. The van der Waals surface area contributed by atoms with Crippen molar-refractivity contribution >= 4 is 24.2 Å². The number of benzene rings is 1. The van der Waals surface area contributed by atoms with E-state index in [2.05, 4.69) is 15.6 Å². The van der Waals surface area contributed by atoms with Crippen molar-refractivity contribution in [2.24, 2.45) is 0 Å². The molecule has 0 aliphatic carbocycles. The average Bonchev–Trinajstić information content (AvgIpc) is 2.90. The molecule has 0 fully saturated rings. The molecular formula is C18H22F2N4O3S. The van der Waals surface area contributed by atoms with Gasteiger partial charge in [0.25, 0.3) is 5.91 Å². The zero-order valence-corrected chi connectivity index (χ0v) is 16.6. The van der Waals surface area contributed by atoms with Gasteiger partial charge in [0.15, 0.2) is 4.77 Å². The molecule has 0 saturated carbocycles. The lowest BCUT2D eigenvalue weighted by Gasteiger charge is -2.19. The Morgan fingerprint density at radius 1 is 1.14 bits per heavy atom.